The van der Waals surface area contributed by atoms with Gasteiger partial charge in [-0.25, -0.2) is 9.78 Å². The van der Waals surface area contributed by atoms with Crippen molar-refractivity contribution in [3.8, 4) is 11.5 Å². The molecule has 0 aliphatic heterocycles. The molecular formula is C20H18N2O6S. The van der Waals surface area contributed by atoms with E-state index in [2.05, 4.69) is 9.88 Å². The number of hydrogen-bond donors (Lipinski definition) is 1. The third kappa shape index (κ3) is 3.50. The van der Waals surface area contributed by atoms with Crippen LogP contribution in [0.25, 0.3) is 33.5 Å². The fourth-order valence-electron chi connectivity index (χ4n) is 3.22. The van der Waals surface area contributed by atoms with Gasteiger partial charge in [0.05, 0.1) is 4.90 Å². The number of oxazole rings is 1. The maximum atomic E-state index is 12.5. The normalized spacial score (nSPS) is 12.0. The van der Waals surface area contributed by atoms with Crippen LogP contribution in [0.5, 0.6) is 0 Å². The number of hydrogen-bond acceptors (Lipinski definition) is 7. The lowest BCUT2D eigenvalue weighted by Gasteiger charge is -2.20. The van der Waals surface area contributed by atoms with Gasteiger partial charge >= 0.3 is 5.63 Å². The van der Waals surface area contributed by atoms with Crippen molar-refractivity contribution in [1.82, 2.24) is 4.98 Å². The Hall–Kier alpha value is -3.17. The van der Waals surface area contributed by atoms with Gasteiger partial charge in [0, 0.05) is 30.2 Å². The molecule has 0 radical (unpaired) electrons. The summed E-state index contributed by atoms with van der Waals surface area (Å²) in [6.07, 6.45) is 0. The first-order chi connectivity index (χ1) is 13.8. The summed E-state index contributed by atoms with van der Waals surface area (Å²) in [7, 11) is -4.37. The second-order valence-electron chi connectivity index (χ2n) is 6.47. The van der Waals surface area contributed by atoms with Crippen molar-refractivity contribution < 1.29 is 21.8 Å². The van der Waals surface area contributed by atoms with Crippen LogP contribution in [-0.2, 0) is 10.1 Å². The smallest absolute Gasteiger partial charge is 0.349 e. The van der Waals surface area contributed by atoms with E-state index in [-0.39, 0.29) is 27.4 Å². The molecule has 4 aromatic rings. The molecule has 1 N–H and O–H groups in total. The molecule has 4 rings (SSSR count). The SMILES string of the molecule is CCN(CC)c1ccc2cc(-c3nc4cc(S(=O)(=O)O)ccc4o3)c(=O)oc2c1. The lowest BCUT2D eigenvalue weighted by molar-refractivity contribution is 0.483. The third-order valence-corrected chi connectivity index (χ3v) is 5.59. The van der Waals surface area contributed by atoms with E-state index in [4.69, 9.17) is 8.83 Å². The van der Waals surface area contributed by atoms with Crippen molar-refractivity contribution in [3.63, 3.8) is 0 Å². The minimum atomic E-state index is -4.37. The molecule has 0 amide bonds. The average Bonchev–Trinajstić information content (AvgIpc) is 3.10. The number of benzene rings is 2. The summed E-state index contributed by atoms with van der Waals surface area (Å²) >= 11 is 0. The quantitative estimate of drug-likeness (QED) is 0.388. The molecule has 0 aliphatic carbocycles. The predicted molar refractivity (Wildman–Crippen MR) is 109 cm³/mol. The Bertz CT molecular complexity index is 1380. The van der Waals surface area contributed by atoms with Gasteiger partial charge in [-0.3, -0.25) is 4.55 Å². The molecular weight excluding hydrogens is 396 g/mol. The molecule has 0 fully saturated rings. The summed E-state index contributed by atoms with van der Waals surface area (Å²) in [5, 5.41) is 0.705. The molecule has 0 saturated heterocycles. The molecule has 0 bridgehead atoms. The monoisotopic (exact) mass is 414 g/mol. The number of aromatic nitrogens is 1. The third-order valence-electron chi connectivity index (χ3n) is 4.74. The molecule has 2 heterocycles. The lowest BCUT2D eigenvalue weighted by atomic mass is 10.1. The molecule has 0 atom stereocenters. The van der Waals surface area contributed by atoms with Crippen molar-refractivity contribution in [1.29, 1.82) is 0 Å². The van der Waals surface area contributed by atoms with Crippen LogP contribution >= 0.6 is 0 Å². The topological polar surface area (TPSA) is 114 Å². The number of fused-ring (bicyclic) bond motifs is 2. The maximum absolute atomic E-state index is 12.5. The summed E-state index contributed by atoms with van der Waals surface area (Å²) < 4.78 is 42.9. The van der Waals surface area contributed by atoms with Crippen LogP contribution in [0.2, 0.25) is 0 Å². The molecule has 9 heteroatoms. The Kier molecular flexibility index (Phi) is 4.64. The van der Waals surface area contributed by atoms with Crippen LogP contribution in [0.15, 0.2) is 61.0 Å². The van der Waals surface area contributed by atoms with Gasteiger partial charge in [-0.1, -0.05) is 0 Å². The van der Waals surface area contributed by atoms with Gasteiger partial charge in [-0.15, -0.1) is 0 Å². The zero-order valence-electron chi connectivity index (χ0n) is 15.7. The Morgan fingerprint density at radius 2 is 1.76 bits per heavy atom. The first-order valence-electron chi connectivity index (χ1n) is 9.01. The van der Waals surface area contributed by atoms with Gasteiger partial charge in [0.2, 0.25) is 5.89 Å². The molecule has 2 aromatic carbocycles. The zero-order chi connectivity index (χ0) is 20.8. The van der Waals surface area contributed by atoms with Gasteiger partial charge in [0.25, 0.3) is 10.1 Å². The van der Waals surface area contributed by atoms with Crippen molar-refractivity contribution in [2.24, 2.45) is 0 Å². The summed E-state index contributed by atoms with van der Waals surface area (Å²) in [6, 6.07) is 11.0. The van der Waals surface area contributed by atoms with E-state index in [0.29, 0.717) is 11.0 Å². The number of anilines is 1. The fraction of sp³-hybridized carbons (Fsp3) is 0.200. The Morgan fingerprint density at radius 3 is 2.45 bits per heavy atom. The molecule has 0 aliphatic rings. The molecule has 0 unspecified atom stereocenters. The van der Waals surface area contributed by atoms with E-state index >= 15 is 0 Å². The van der Waals surface area contributed by atoms with Gasteiger partial charge in [0.1, 0.15) is 16.7 Å². The van der Waals surface area contributed by atoms with E-state index in [0.717, 1.165) is 18.8 Å². The van der Waals surface area contributed by atoms with Crippen LogP contribution in [0.3, 0.4) is 0 Å². The minimum Gasteiger partial charge on any atom is -0.436 e. The van der Waals surface area contributed by atoms with Crippen molar-refractivity contribution in [3.05, 3.63) is 52.9 Å². The minimum absolute atomic E-state index is 0.0101. The van der Waals surface area contributed by atoms with Crippen LogP contribution in [-0.4, -0.2) is 31.0 Å². The molecule has 29 heavy (non-hydrogen) atoms. The Labute approximate surface area is 166 Å². The molecule has 150 valence electrons. The van der Waals surface area contributed by atoms with Crippen LogP contribution in [0, 0.1) is 0 Å². The van der Waals surface area contributed by atoms with E-state index < -0.39 is 15.7 Å². The van der Waals surface area contributed by atoms with Gasteiger partial charge in [0.15, 0.2) is 5.58 Å². The lowest BCUT2D eigenvalue weighted by Crippen LogP contribution is -2.21. The molecule has 2 aromatic heterocycles. The highest BCUT2D eigenvalue weighted by atomic mass is 32.2. The average molecular weight is 414 g/mol. The van der Waals surface area contributed by atoms with Gasteiger partial charge < -0.3 is 13.7 Å². The van der Waals surface area contributed by atoms with E-state index in [1.54, 1.807) is 6.07 Å². The van der Waals surface area contributed by atoms with Crippen molar-refractivity contribution >= 4 is 37.9 Å². The Morgan fingerprint density at radius 1 is 1.00 bits per heavy atom. The molecule has 0 spiro atoms. The predicted octanol–water partition coefficient (Wildman–Crippen LogP) is 3.69. The van der Waals surface area contributed by atoms with Crippen LogP contribution < -0.4 is 10.5 Å². The maximum Gasteiger partial charge on any atom is 0.349 e. The second kappa shape index (κ2) is 7.02. The Balaban J connectivity index is 1.82. The number of rotatable bonds is 5. The summed E-state index contributed by atoms with van der Waals surface area (Å²) in [6.45, 7) is 5.76. The first-order valence-corrected chi connectivity index (χ1v) is 10.5. The second-order valence-corrected chi connectivity index (χ2v) is 7.89. The van der Waals surface area contributed by atoms with E-state index in [1.165, 1.54) is 18.2 Å². The largest absolute Gasteiger partial charge is 0.436 e. The molecule has 0 saturated carbocycles. The fourth-order valence-corrected chi connectivity index (χ4v) is 3.72. The van der Waals surface area contributed by atoms with Gasteiger partial charge in [-0.2, -0.15) is 8.42 Å². The van der Waals surface area contributed by atoms with Gasteiger partial charge in [-0.05, 0) is 50.2 Å². The highest BCUT2D eigenvalue weighted by molar-refractivity contribution is 7.85. The summed E-state index contributed by atoms with van der Waals surface area (Å²) in [4.78, 5) is 18.6. The van der Waals surface area contributed by atoms with E-state index in [9.17, 15) is 17.8 Å². The standard InChI is InChI=1S/C20H18N2O6S/c1-3-22(4-2)13-6-5-12-9-15(20(23)28-18(12)10-13)19-21-16-11-14(29(24,25)26)7-8-17(16)27-19/h5-11H,3-4H2,1-2H3,(H,24,25,26). The first kappa shape index (κ1) is 19.2. The molecule has 8 nitrogen and oxygen atoms in total. The number of nitrogens with zero attached hydrogens (tertiary/aromatic N) is 2. The van der Waals surface area contributed by atoms with E-state index in [1.807, 2.05) is 32.0 Å². The summed E-state index contributed by atoms with van der Waals surface area (Å²) in [5.74, 6) is 0.0101. The highest BCUT2D eigenvalue weighted by Gasteiger charge is 2.17. The van der Waals surface area contributed by atoms with Crippen molar-refractivity contribution in [2.75, 3.05) is 18.0 Å². The van der Waals surface area contributed by atoms with Crippen molar-refractivity contribution in [2.45, 2.75) is 18.7 Å². The van der Waals surface area contributed by atoms with Crippen LogP contribution in [0.1, 0.15) is 13.8 Å². The summed E-state index contributed by atoms with van der Waals surface area (Å²) in [5.41, 5.74) is 1.40. The zero-order valence-corrected chi connectivity index (χ0v) is 16.6. The van der Waals surface area contributed by atoms with Crippen LogP contribution in [0.4, 0.5) is 5.69 Å². The highest BCUT2D eigenvalue weighted by Crippen LogP contribution is 2.28.